The number of benzene rings is 1. The van der Waals surface area contributed by atoms with Gasteiger partial charge in [0, 0.05) is 17.6 Å². The Bertz CT molecular complexity index is 836. The molecule has 0 aliphatic heterocycles. The van der Waals surface area contributed by atoms with Gasteiger partial charge in [-0.15, -0.1) is 0 Å². The minimum Gasteiger partial charge on any atom is -0.490 e. The van der Waals surface area contributed by atoms with Crippen LogP contribution >= 0.6 is 0 Å². The predicted octanol–water partition coefficient (Wildman–Crippen LogP) is 3.45. The summed E-state index contributed by atoms with van der Waals surface area (Å²) in [7, 11) is 0. The van der Waals surface area contributed by atoms with Gasteiger partial charge in [0.2, 0.25) is 0 Å². The molecule has 1 aromatic carbocycles. The summed E-state index contributed by atoms with van der Waals surface area (Å²) < 4.78 is 12.8. The quantitative estimate of drug-likeness (QED) is 0.692. The fraction of sp³-hybridized carbons (Fsp3) is 0.294. The van der Waals surface area contributed by atoms with Crippen LogP contribution in [0.2, 0.25) is 0 Å². The molecule has 0 unspecified atom stereocenters. The number of pyridine rings is 1. The summed E-state index contributed by atoms with van der Waals surface area (Å²) in [4.78, 5) is 16.2. The van der Waals surface area contributed by atoms with Crippen molar-refractivity contribution in [2.45, 2.75) is 26.9 Å². The molecular formula is C17H18N2O3. The highest BCUT2D eigenvalue weighted by Gasteiger charge is 2.15. The molecule has 0 spiro atoms. The van der Waals surface area contributed by atoms with Gasteiger partial charge in [0.15, 0.2) is 5.69 Å². The normalized spacial score (nSPS) is 11.3. The van der Waals surface area contributed by atoms with Crippen LogP contribution in [-0.4, -0.2) is 28.1 Å². The zero-order chi connectivity index (χ0) is 15.7. The number of carbonyl (C=O) groups is 1. The van der Waals surface area contributed by atoms with Crippen LogP contribution in [0, 0.1) is 0 Å². The first kappa shape index (κ1) is 14.4. The van der Waals surface area contributed by atoms with E-state index in [1.807, 2.05) is 48.6 Å². The number of rotatable bonds is 4. The molecule has 3 rings (SSSR count). The molecule has 2 heterocycles. The maximum Gasteiger partial charge on any atom is 0.358 e. The van der Waals surface area contributed by atoms with Crippen molar-refractivity contribution in [2.75, 3.05) is 6.61 Å². The number of hydrogen-bond acceptors (Lipinski definition) is 4. The van der Waals surface area contributed by atoms with Gasteiger partial charge in [-0.2, -0.15) is 0 Å². The van der Waals surface area contributed by atoms with E-state index in [0.717, 1.165) is 16.7 Å². The molecule has 0 aliphatic carbocycles. The fourth-order valence-corrected chi connectivity index (χ4v) is 2.43. The Morgan fingerprint density at radius 1 is 1.32 bits per heavy atom. The van der Waals surface area contributed by atoms with E-state index < -0.39 is 5.97 Å². The van der Waals surface area contributed by atoms with E-state index in [-0.39, 0.29) is 6.10 Å². The number of hydrogen-bond donors (Lipinski definition) is 0. The Morgan fingerprint density at radius 3 is 2.82 bits per heavy atom. The minimum atomic E-state index is -0.415. The van der Waals surface area contributed by atoms with Gasteiger partial charge in [-0.1, -0.05) is 12.1 Å². The smallest absolute Gasteiger partial charge is 0.358 e. The van der Waals surface area contributed by atoms with Crippen LogP contribution in [0.15, 0.2) is 36.5 Å². The first-order chi connectivity index (χ1) is 10.6. The van der Waals surface area contributed by atoms with Gasteiger partial charge < -0.3 is 9.47 Å². The fourth-order valence-electron chi connectivity index (χ4n) is 2.43. The van der Waals surface area contributed by atoms with Crippen LogP contribution in [0.4, 0.5) is 0 Å². The number of carbonyl (C=O) groups excluding carboxylic acids is 1. The molecule has 0 amide bonds. The van der Waals surface area contributed by atoms with Crippen molar-refractivity contribution in [3.05, 3.63) is 42.2 Å². The van der Waals surface area contributed by atoms with E-state index >= 15 is 0 Å². The standard InChI is InChI=1S/C17H18N2O3/c1-4-21-17(20)13-10-19-14-8-6-5-7-12(14)15(22-11(2)3)9-16(19)18-13/h5-11H,4H2,1-3H3. The van der Waals surface area contributed by atoms with Crippen molar-refractivity contribution in [1.29, 1.82) is 0 Å². The van der Waals surface area contributed by atoms with Gasteiger partial charge in [0.1, 0.15) is 11.4 Å². The molecule has 3 aromatic rings. The molecule has 22 heavy (non-hydrogen) atoms. The Balaban J connectivity index is 2.22. The molecule has 2 aromatic heterocycles. The predicted molar refractivity (Wildman–Crippen MR) is 84.4 cm³/mol. The molecule has 0 fully saturated rings. The topological polar surface area (TPSA) is 52.8 Å². The summed E-state index contributed by atoms with van der Waals surface area (Å²) in [6.07, 6.45) is 1.76. The van der Waals surface area contributed by atoms with Crippen molar-refractivity contribution >= 4 is 22.5 Å². The lowest BCUT2D eigenvalue weighted by molar-refractivity contribution is 0.0520. The lowest BCUT2D eigenvalue weighted by Gasteiger charge is -2.13. The molecule has 0 saturated heterocycles. The monoisotopic (exact) mass is 298 g/mol. The Labute approximate surface area is 128 Å². The summed E-state index contributed by atoms with van der Waals surface area (Å²) in [6.45, 7) is 6.07. The van der Waals surface area contributed by atoms with E-state index in [9.17, 15) is 4.79 Å². The Morgan fingerprint density at radius 2 is 2.09 bits per heavy atom. The SMILES string of the molecule is CCOC(=O)c1cn2c(cc(OC(C)C)c3ccccc32)n1. The molecule has 0 saturated carbocycles. The molecule has 0 atom stereocenters. The number of nitrogens with zero attached hydrogens (tertiary/aromatic N) is 2. The van der Waals surface area contributed by atoms with Gasteiger partial charge in [0.25, 0.3) is 0 Å². The zero-order valence-corrected chi connectivity index (χ0v) is 12.9. The molecule has 0 N–H and O–H groups in total. The van der Waals surface area contributed by atoms with Crippen LogP contribution in [0.1, 0.15) is 31.3 Å². The van der Waals surface area contributed by atoms with Crippen molar-refractivity contribution in [3.63, 3.8) is 0 Å². The number of imidazole rings is 1. The lowest BCUT2D eigenvalue weighted by atomic mass is 10.2. The second-order valence-electron chi connectivity index (χ2n) is 5.27. The highest BCUT2D eigenvalue weighted by atomic mass is 16.5. The maximum atomic E-state index is 11.9. The number of para-hydroxylation sites is 1. The number of ether oxygens (including phenoxy) is 2. The summed E-state index contributed by atoms with van der Waals surface area (Å²) in [5.74, 6) is 0.348. The van der Waals surface area contributed by atoms with Gasteiger partial charge in [-0.25, -0.2) is 9.78 Å². The van der Waals surface area contributed by atoms with Crippen LogP contribution < -0.4 is 4.74 Å². The average Bonchev–Trinajstić information content (AvgIpc) is 2.91. The molecule has 0 bridgehead atoms. The molecule has 114 valence electrons. The average molecular weight is 298 g/mol. The summed E-state index contributed by atoms with van der Waals surface area (Å²) >= 11 is 0. The third kappa shape index (κ3) is 2.50. The molecular weight excluding hydrogens is 280 g/mol. The van der Waals surface area contributed by atoms with E-state index in [0.29, 0.717) is 17.9 Å². The van der Waals surface area contributed by atoms with Crippen LogP contribution in [-0.2, 0) is 4.74 Å². The van der Waals surface area contributed by atoms with Crippen LogP contribution in [0.5, 0.6) is 5.75 Å². The lowest BCUT2D eigenvalue weighted by Crippen LogP contribution is -2.06. The largest absolute Gasteiger partial charge is 0.490 e. The minimum absolute atomic E-state index is 0.0605. The zero-order valence-electron chi connectivity index (χ0n) is 12.9. The van der Waals surface area contributed by atoms with Crippen molar-refractivity contribution in [3.8, 4) is 5.75 Å². The highest BCUT2D eigenvalue weighted by Crippen LogP contribution is 2.29. The molecule has 0 aliphatic rings. The summed E-state index contributed by atoms with van der Waals surface area (Å²) in [5.41, 5.74) is 1.91. The number of fused-ring (bicyclic) bond motifs is 3. The van der Waals surface area contributed by atoms with Gasteiger partial charge in [-0.3, -0.25) is 4.40 Å². The van der Waals surface area contributed by atoms with E-state index in [2.05, 4.69) is 4.98 Å². The molecule has 0 radical (unpaired) electrons. The first-order valence-corrected chi connectivity index (χ1v) is 7.34. The Hall–Kier alpha value is -2.56. The van der Waals surface area contributed by atoms with Crippen LogP contribution in [0.3, 0.4) is 0 Å². The Kier molecular flexibility index (Phi) is 3.71. The maximum absolute atomic E-state index is 11.9. The van der Waals surface area contributed by atoms with Crippen molar-refractivity contribution in [1.82, 2.24) is 9.38 Å². The van der Waals surface area contributed by atoms with E-state index in [4.69, 9.17) is 9.47 Å². The van der Waals surface area contributed by atoms with Gasteiger partial charge in [-0.05, 0) is 32.9 Å². The van der Waals surface area contributed by atoms with Crippen molar-refractivity contribution < 1.29 is 14.3 Å². The number of esters is 1. The number of aromatic nitrogens is 2. The first-order valence-electron chi connectivity index (χ1n) is 7.34. The second-order valence-corrected chi connectivity index (χ2v) is 5.27. The summed E-state index contributed by atoms with van der Waals surface area (Å²) in [6, 6.07) is 9.74. The summed E-state index contributed by atoms with van der Waals surface area (Å²) in [5, 5.41) is 0.983. The van der Waals surface area contributed by atoms with Gasteiger partial charge >= 0.3 is 5.97 Å². The van der Waals surface area contributed by atoms with Gasteiger partial charge in [0.05, 0.1) is 18.2 Å². The van der Waals surface area contributed by atoms with Crippen molar-refractivity contribution in [2.24, 2.45) is 0 Å². The highest BCUT2D eigenvalue weighted by molar-refractivity contribution is 5.92. The third-order valence-corrected chi connectivity index (χ3v) is 3.27. The van der Waals surface area contributed by atoms with Crippen LogP contribution in [0.25, 0.3) is 16.6 Å². The van der Waals surface area contributed by atoms with E-state index in [1.165, 1.54) is 0 Å². The molecule has 5 heteroatoms. The molecule has 5 nitrogen and oxygen atoms in total. The van der Waals surface area contributed by atoms with E-state index in [1.54, 1.807) is 13.1 Å². The second kappa shape index (κ2) is 5.67. The third-order valence-electron chi connectivity index (χ3n) is 3.27.